The third kappa shape index (κ3) is 1.68. The standard InChI is InChI=1S/C11H15NO2/c1-13-8-3-7(10-6-11(10)12)4-9(5-8)14-2/h3-5,10-11H,6,12H2,1-2H3/t10-,11-/m0/s1. The van der Waals surface area contributed by atoms with Crippen LogP contribution in [0, 0.1) is 0 Å². The Morgan fingerprint density at radius 3 is 2.00 bits per heavy atom. The van der Waals surface area contributed by atoms with Crippen molar-refractivity contribution in [3.63, 3.8) is 0 Å². The molecule has 1 aliphatic rings. The van der Waals surface area contributed by atoms with E-state index in [0.717, 1.165) is 17.9 Å². The van der Waals surface area contributed by atoms with Gasteiger partial charge < -0.3 is 15.2 Å². The quantitative estimate of drug-likeness (QED) is 0.791. The zero-order valence-electron chi connectivity index (χ0n) is 8.49. The molecule has 0 heterocycles. The lowest BCUT2D eigenvalue weighted by atomic mass is 10.1. The van der Waals surface area contributed by atoms with E-state index in [1.54, 1.807) is 14.2 Å². The Morgan fingerprint density at radius 2 is 1.64 bits per heavy atom. The molecule has 0 spiro atoms. The Balaban J connectivity index is 2.30. The first-order valence-corrected chi connectivity index (χ1v) is 4.73. The fourth-order valence-corrected chi connectivity index (χ4v) is 1.64. The molecular weight excluding hydrogens is 178 g/mol. The topological polar surface area (TPSA) is 44.5 Å². The smallest absolute Gasteiger partial charge is 0.122 e. The molecule has 1 fully saturated rings. The summed E-state index contributed by atoms with van der Waals surface area (Å²) in [6, 6.07) is 6.24. The number of rotatable bonds is 3. The first-order chi connectivity index (χ1) is 6.74. The largest absolute Gasteiger partial charge is 0.497 e. The predicted molar refractivity (Wildman–Crippen MR) is 54.9 cm³/mol. The minimum atomic E-state index is 0.312. The molecule has 0 amide bonds. The summed E-state index contributed by atoms with van der Waals surface area (Å²) in [4.78, 5) is 0. The predicted octanol–water partition coefficient (Wildman–Crippen LogP) is 1.52. The maximum atomic E-state index is 5.80. The highest BCUT2D eigenvalue weighted by molar-refractivity contribution is 5.42. The lowest BCUT2D eigenvalue weighted by molar-refractivity contribution is 0.393. The van der Waals surface area contributed by atoms with Gasteiger partial charge in [0.1, 0.15) is 11.5 Å². The van der Waals surface area contributed by atoms with Crippen molar-refractivity contribution >= 4 is 0 Å². The van der Waals surface area contributed by atoms with Crippen LogP contribution in [0.4, 0.5) is 0 Å². The van der Waals surface area contributed by atoms with Crippen molar-refractivity contribution in [2.24, 2.45) is 5.73 Å². The summed E-state index contributed by atoms with van der Waals surface area (Å²) in [6.07, 6.45) is 1.07. The molecule has 1 saturated carbocycles. The minimum absolute atomic E-state index is 0.312. The minimum Gasteiger partial charge on any atom is -0.497 e. The zero-order chi connectivity index (χ0) is 10.1. The summed E-state index contributed by atoms with van der Waals surface area (Å²) in [7, 11) is 3.32. The molecule has 76 valence electrons. The van der Waals surface area contributed by atoms with Gasteiger partial charge in [-0.15, -0.1) is 0 Å². The Hall–Kier alpha value is -1.22. The van der Waals surface area contributed by atoms with Crippen LogP contribution in [0.2, 0.25) is 0 Å². The van der Waals surface area contributed by atoms with Crippen molar-refractivity contribution in [3.8, 4) is 11.5 Å². The number of hydrogen-bond acceptors (Lipinski definition) is 3. The van der Waals surface area contributed by atoms with Gasteiger partial charge in [0.05, 0.1) is 14.2 Å². The van der Waals surface area contributed by atoms with Crippen LogP contribution in [0.3, 0.4) is 0 Å². The van der Waals surface area contributed by atoms with Crippen LogP contribution in [0.1, 0.15) is 17.9 Å². The van der Waals surface area contributed by atoms with E-state index in [0.29, 0.717) is 12.0 Å². The van der Waals surface area contributed by atoms with Crippen LogP contribution in [0.5, 0.6) is 11.5 Å². The van der Waals surface area contributed by atoms with E-state index in [4.69, 9.17) is 15.2 Å². The van der Waals surface area contributed by atoms with Crippen LogP contribution in [0.15, 0.2) is 18.2 Å². The fraction of sp³-hybridized carbons (Fsp3) is 0.455. The first kappa shape index (κ1) is 9.34. The van der Waals surface area contributed by atoms with Gasteiger partial charge in [-0.3, -0.25) is 0 Å². The number of hydrogen-bond donors (Lipinski definition) is 1. The summed E-state index contributed by atoms with van der Waals surface area (Å²) in [5, 5.41) is 0. The average molecular weight is 193 g/mol. The molecule has 0 unspecified atom stereocenters. The van der Waals surface area contributed by atoms with Crippen molar-refractivity contribution in [1.82, 2.24) is 0 Å². The molecule has 0 radical (unpaired) electrons. The van der Waals surface area contributed by atoms with Gasteiger partial charge in [-0.1, -0.05) is 0 Å². The van der Waals surface area contributed by atoms with E-state index in [2.05, 4.69) is 0 Å². The molecule has 0 saturated heterocycles. The van der Waals surface area contributed by atoms with Crippen LogP contribution in [0.25, 0.3) is 0 Å². The normalized spacial score (nSPS) is 24.5. The number of ether oxygens (including phenoxy) is 2. The molecule has 0 bridgehead atoms. The number of nitrogens with two attached hydrogens (primary N) is 1. The molecule has 2 rings (SSSR count). The lowest BCUT2D eigenvalue weighted by Crippen LogP contribution is -2.01. The Morgan fingerprint density at radius 1 is 1.14 bits per heavy atom. The third-order valence-electron chi connectivity index (χ3n) is 2.64. The first-order valence-electron chi connectivity index (χ1n) is 4.73. The van der Waals surface area contributed by atoms with E-state index in [1.807, 2.05) is 18.2 Å². The Bertz CT molecular complexity index is 316. The van der Waals surface area contributed by atoms with Gasteiger partial charge in [-0.2, -0.15) is 0 Å². The van der Waals surface area contributed by atoms with Crippen LogP contribution in [-0.2, 0) is 0 Å². The van der Waals surface area contributed by atoms with E-state index in [9.17, 15) is 0 Å². The molecule has 1 aliphatic carbocycles. The summed E-state index contributed by atoms with van der Waals surface area (Å²) >= 11 is 0. The average Bonchev–Trinajstić information content (AvgIpc) is 2.94. The second-order valence-electron chi connectivity index (χ2n) is 3.65. The monoisotopic (exact) mass is 193 g/mol. The molecule has 3 nitrogen and oxygen atoms in total. The number of benzene rings is 1. The van der Waals surface area contributed by atoms with Gasteiger partial charge in [-0.25, -0.2) is 0 Å². The van der Waals surface area contributed by atoms with Gasteiger partial charge in [0, 0.05) is 18.0 Å². The van der Waals surface area contributed by atoms with Gasteiger partial charge in [0.2, 0.25) is 0 Å². The highest BCUT2D eigenvalue weighted by Crippen LogP contribution is 2.41. The molecule has 14 heavy (non-hydrogen) atoms. The summed E-state index contributed by atoms with van der Waals surface area (Å²) in [6.45, 7) is 0. The van der Waals surface area contributed by atoms with E-state index >= 15 is 0 Å². The van der Waals surface area contributed by atoms with Gasteiger partial charge in [0.15, 0.2) is 0 Å². The third-order valence-corrected chi connectivity index (χ3v) is 2.64. The zero-order valence-corrected chi connectivity index (χ0v) is 8.49. The summed E-state index contributed by atoms with van der Waals surface area (Å²) in [5.74, 6) is 2.15. The van der Waals surface area contributed by atoms with Crippen molar-refractivity contribution in [3.05, 3.63) is 23.8 Å². The highest BCUT2D eigenvalue weighted by atomic mass is 16.5. The molecular formula is C11H15NO2. The second kappa shape index (κ2) is 3.50. The van der Waals surface area contributed by atoms with Crippen molar-refractivity contribution in [1.29, 1.82) is 0 Å². The Labute approximate surface area is 83.8 Å². The van der Waals surface area contributed by atoms with Gasteiger partial charge >= 0.3 is 0 Å². The summed E-state index contributed by atoms with van der Waals surface area (Å²) in [5.41, 5.74) is 7.02. The van der Waals surface area contributed by atoms with E-state index in [-0.39, 0.29) is 0 Å². The second-order valence-corrected chi connectivity index (χ2v) is 3.65. The van der Waals surface area contributed by atoms with Crippen molar-refractivity contribution in [2.75, 3.05) is 14.2 Å². The van der Waals surface area contributed by atoms with Crippen molar-refractivity contribution in [2.45, 2.75) is 18.4 Å². The molecule has 0 aromatic heterocycles. The molecule has 0 aliphatic heterocycles. The van der Waals surface area contributed by atoms with E-state index < -0.39 is 0 Å². The van der Waals surface area contributed by atoms with Crippen LogP contribution >= 0.6 is 0 Å². The van der Waals surface area contributed by atoms with Gasteiger partial charge in [0.25, 0.3) is 0 Å². The van der Waals surface area contributed by atoms with Crippen LogP contribution < -0.4 is 15.2 Å². The highest BCUT2D eigenvalue weighted by Gasteiger charge is 2.35. The number of methoxy groups -OCH3 is 2. The SMILES string of the molecule is COc1cc(OC)cc([C@@H]2C[C@@H]2N)c1. The van der Waals surface area contributed by atoms with Crippen molar-refractivity contribution < 1.29 is 9.47 Å². The van der Waals surface area contributed by atoms with Gasteiger partial charge in [-0.05, 0) is 24.1 Å². The van der Waals surface area contributed by atoms with Crippen LogP contribution in [-0.4, -0.2) is 20.3 Å². The molecule has 2 N–H and O–H groups in total. The molecule has 2 atom stereocenters. The molecule has 1 aromatic carbocycles. The Kier molecular flexibility index (Phi) is 2.33. The maximum absolute atomic E-state index is 5.80. The summed E-state index contributed by atoms with van der Waals surface area (Å²) < 4.78 is 10.4. The molecule has 3 heteroatoms. The molecule has 1 aromatic rings. The van der Waals surface area contributed by atoms with E-state index in [1.165, 1.54) is 5.56 Å². The lowest BCUT2D eigenvalue weighted by Gasteiger charge is -2.07. The fourth-order valence-electron chi connectivity index (χ4n) is 1.64. The maximum Gasteiger partial charge on any atom is 0.122 e.